The second kappa shape index (κ2) is 9.01. The molecular weight excluding hydrogens is 405 g/mol. The number of amides is 1. The molecule has 0 radical (unpaired) electrons. The van der Waals surface area contributed by atoms with Gasteiger partial charge in [-0.05, 0) is 50.3 Å². The number of rotatable bonds is 6. The summed E-state index contributed by atoms with van der Waals surface area (Å²) in [7, 11) is 0. The summed E-state index contributed by atoms with van der Waals surface area (Å²) >= 11 is 1.50. The Hall–Kier alpha value is -2.65. The second-order valence-corrected chi connectivity index (χ2v) is 8.79. The molecule has 158 valence electrons. The summed E-state index contributed by atoms with van der Waals surface area (Å²) in [6.45, 7) is 5.93. The number of nitrogens with zero attached hydrogens (tertiary/aromatic N) is 3. The predicted octanol–water partition coefficient (Wildman–Crippen LogP) is 3.86. The molecule has 30 heavy (non-hydrogen) atoms. The molecule has 0 unspecified atom stereocenters. The van der Waals surface area contributed by atoms with Crippen molar-refractivity contribution in [3.05, 3.63) is 46.5 Å². The molecule has 0 saturated carbocycles. The molecule has 9 heteroatoms. The maximum Gasteiger partial charge on any atom is 0.271 e. The maximum atomic E-state index is 13.5. The molecule has 4 heterocycles. The van der Waals surface area contributed by atoms with Crippen LogP contribution in [0.2, 0.25) is 0 Å². The van der Waals surface area contributed by atoms with Crippen molar-refractivity contribution in [3.63, 3.8) is 0 Å². The Morgan fingerprint density at radius 1 is 1.30 bits per heavy atom. The quantitative estimate of drug-likeness (QED) is 0.619. The van der Waals surface area contributed by atoms with E-state index in [1.165, 1.54) is 17.4 Å². The summed E-state index contributed by atoms with van der Waals surface area (Å²) in [4.78, 5) is 26.9. The summed E-state index contributed by atoms with van der Waals surface area (Å²) < 4.78 is 19.7. The fraction of sp³-hybridized carbons (Fsp3) is 0.429. The number of hydrogen-bond donors (Lipinski definition) is 2. The van der Waals surface area contributed by atoms with E-state index >= 15 is 0 Å². The molecule has 0 bridgehead atoms. The van der Waals surface area contributed by atoms with Gasteiger partial charge in [-0.1, -0.05) is 0 Å². The van der Waals surface area contributed by atoms with Crippen molar-refractivity contribution in [1.29, 1.82) is 0 Å². The average molecular weight is 430 g/mol. The average Bonchev–Trinajstić information content (AvgIpc) is 3.12. The van der Waals surface area contributed by atoms with Crippen molar-refractivity contribution in [3.8, 4) is 0 Å². The number of halogens is 1. The van der Waals surface area contributed by atoms with E-state index in [2.05, 4.69) is 25.6 Å². The molecular formula is C21H24FN5O2S. The first-order valence-corrected chi connectivity index (χ1v) is 10.8. The lowest BCUT2D eigenvalue weighted by molar-refractivity contribution is 0.0642. The van der Waals surface area contributed by atoms with Gasteiger partial charge in [-0.2, -0.15) is 0 Å². The fourth-order valence-electron chi connectivity index (χ4n) is 3.48. The number of anilines is 1. The number of ether oxygens (including phenoxy) is 1. The third-order valence-electron chi connectivity index (χ3n) is 5.17. The molecule has 0 aromatic carbocycles. The first kappa shape index (κ1) is 20.6. The van der Waals surface area contributed by atoms with Crippen LogP contribution in [0.4, 0.5) is 10.3 Å². The van der Waals surface area contributed by atoms with Crippen molar-refractivity contribution in [2.75, 3.05) is 25.1 Å². The van der Waals surface area contributed by atoms with E-state index in [4.69, 9.17) is 4.74 Å². The molecule has 1 saturated heterocycles. The van der Waals surface area contributed by atoms with Crippen LogP contribution in [-0.2, 0) is 4.74 Å². The van der Waals surface area contributed by atoms with Gasteiger partial charge in [0, 0.05) is 30.8 Å². The van der Waals surface area contributed by atoms with Crippen molar-refractivity contribution >= 4 is 33.4 Å². The molecule has 3 aromatic heterocycles. The van der Waals surface area contributed by atoms with Gasteiger partial charge in [0.25, 0.3) is 5.91 Å². The van der Waals surface area contributed by atoms with Crippen LogP contribution in [0.15, 0.2) is 24.5 Å². The summed E-state index contributed by atoms with van der Waals surface area (Å²) in [5.41, 5.74) is 1.75. The van der Waals surface area contributed by atoms with Crippen LogP contribution in [0, 0.1) is 18.7 Å². The second-order valence-electron chi connectivity index (χ2n) is 7.54. The van der Waals surface area contributed by atoms with E-state index in [0.29, 0.717) is 29.7 Å². The smallest absolute Gasteiger partial charge is 0.271 e. The van der Waals surface area contributed by atoms with E-state index in [0.717, 1.165) is 47.3 Å². The molecule has 1 aliphatic heterocycles. The fourth-order valence-corrected chi connectivity index (χ4v) is 4.42. The molecule has 7 nitrogen and oxygen atoms in total. The summed E-state index contributed by atoms with van der Waals surface area (Å²) in [5.74, 6) is 0.134. The highest BCUT2D eigenvalue weighted by Gasteiger charge is 2.20. The van der Waals surface area contributed by atoms with Crippen LogP contribution in [0.1, 0.15) is 46.7 Å². The van der Waals surface area contributed by atoms with Crippen molar-refractivity contribution < 1.29 is 13.9 Å². The number of nitrogens with one attached hydrogen (secondary N) is 2. The number of hydrogen-bond acceptors (Lipinski definition) is 7. The third-order valence-corrected chi connectivity index (χ3v) is 6.22. The van der Waals surface area contributed by atoms with Crippen molar-refractivity contribution in [2.45, 2.75) is 32.7 Å². The minimum absolute atomic E-state index is 0.209. The van der Waals surface area contributed by atoms with Gasteiger partial charge < -0.3 is 15.4 Å². The SMILES string of the molecule is Cc1cc2nc(N[C@@H](C)c3cncc(F)c3)nc(C(=O)NCC3CCOCC3)c2s1. The van der Waals surface area contributed by atoms with Gasteiger partial charge in [-0.25, -0.2) is 14.4 Å². The van der Waals surface area contributed by atoms with E-state index in [9.17, 15) is 9.18 Å². The lowest BCUT2D eigenvalue weighted by Gasteiger charge is -2.22. The highest BCUT2D eigenvalue weighted by Crippen LogP contribution is 2.28. The van der Waals surface area contributed by atoms with Crippen molar-refractivity contribution in [2.24, 2.45) is 5.92 Å². The lowest BCUT2D eigenvalue weighted by Crippen LogP contribution is -2.32. The highest BCUT2D eigenvalue weighted by atomic mass is 32.1. The lowest BCUT2D eigenvalue weighted by atomic mass is 10.0. The van der Waals surface area contributed by atoms with Crippen LogP contribution in [0.5, 0.6) is 0 Å². The van der Waals surface area contributed by atoms with E-state index in [1.54, 1.807) is 6.20 Å². The molecule has 1 atom stereocenters. The van der Waals surface area contributed by atoms with Gasteiger partial charge in [-0.15, -0.1) is 11.3 Å². The minimum Gasteiger partial charge on any atom is -0.381 e. The Balaban J connectivity index is 1.56. The van der Waals surface area contributed by atoms with Crippen LogP contribution < -0.4 is 10.6 Å². The normalized spacial score (nSPS) is 15.8. The molecule has 2 N–H and O–H groups in total. The monoisotopic (exact) mass is 429 g/mol. The number of carbonyl (C=O) groups is 1. The first-order chi connectivity index (χ1) is 14.5. The summed E-state index contributed by atoms with van der Waals surface area (Å²) in [5, 5.41) is 6.19. The van der Waals surface area contributed by atoms with Crippen LogP contribution in [0.3, 0.4) is 0 Å². The van der Waals surface area contributed by atoms with Gasteiger partial charge in [-0.3, -0.25) is 9.78 Å². The molecule has 4 rings (SSSR count). The molecule has 3 aromatic rings. The molecule has 1 fully saturated rings. The van der Waals surface area contributed by atoms with Crippen LogP contribution in [-0.4, -0.2) is 40.6 Å². The van der Waals surface area contributed by atoms with Gasteiger partial charge in [0.1, 0.15) is 5.82 Å². The van der Waals surface area contributed by atoms with E-state index in [1.807, 2.05) is 19.9 Å². The Morgan fingerprint density at radius 2 is 2.10 bits per heavy atom. The zero-order valence-corrected chi connectivity index (χ0v) is 17.8. The summed E-state index contributed by atoms with van der Waals surface area (Å²) in [6.07, 6.45) is 4.65. The molecule has 1 aliphatic rings. The van der Waals surface area contributed by atoms with E-state index in [-0.39, 0.29) is 11.9 Å². The Morgan fingerprint density at radius 3 is 2.87 bits per heavy atom. The number of thiophene rings is 1. The zero-order chi connectivity index (χ0) is 21.1. The molecule has 0 aliphatic carbocycles. The Labute approximate surface area is 178 Å². The van der Waals surface area contributed by atoms with Gasteiger partial charge in [0.2, 0.25) is 5.95 Å². The highest BCUT2D eigenvalue weighted by molar-refractivity contribution is 7.19. The van der Waals surface area contributed by atoms with Gasteiger partial charge in [0.05, 0.1) is 22.5 Å². The zero-order valence-electron chi connectivity index (χ0n) is 16.9. The molecule has 1 amide bonds. The number of fused-ring (bicyclic) bond motifs is 1. The Kier molecular flexibility index (Phi) is 6.19. The number of aromatic nitrogens is 3. The van der Waals surface area contributed by atoms with Crippen molar-refractivity contribution in [1.82, 2.24) is 20.3 Å². The topological polar surface area (TPSA) is 89.0 Å². The molecule has 0 spiro atoms. The van der Waals surface area contributed by atoms with Gasteiger partial charge in [0.15, 0.2) is 5.69 Å². The standard InChI is InChI=1S/C21H24FN5O2S/c1-12-7-17-19(30-12)18(20(28)24-9-14-3-5-29-6-4-14)27-21(26-17)25-13(2)15-8-16(22)11-23-10-15/h7-8,10-11,13-14H,3-6,9H2,1-2H3,(H,24,28)(H,25,26,27)/t13-/m0/s1. The van der Waals surface area contributed by atoms with Gasteiger partial charge >= 0.3 is 0 Å². The van der Waals surface area contributed by atoms with Crippen LogP contribution in [0.25, 0.3) is 10.2 Å². The van der Waals surface area contributed by atoms with Crippen LogP contribution >= 0.6 is 11.3 Å². The maximum absolute atomic E-state index is 13.5. The first-order valence-electron chi connectivity index (χ1n) is 10.0. The predicted molar refractivity (Wildman–Crippen MR) is 114 cm³/mol. The number of carbonyl (C=O) groups excluding carboxylic acids is 1. The largest absolute Gasteiger partial charge is 0.381 e. The minimum atomic E-state index is -0.404. The number of aryl methyl sites for hydroxylation is 1. The van der Waals surface area contributed by atoms with E-state index < -0.39 is 5.82 Å². The Bertz CT molecular complexity index is 1050. The summed E-state index contributed by atoms with van der Waals surface area (Å²) in [6, 6.07) is 3.08. The number of pyridine rings is 1. The third kappa shape index (κ3) is 4.73.